The lowest BCUT2D eigenvalue weighted by atomic mass is 10.2. The van der Waals surface area contributed by atoms with Crippen LogP contribution in [0.3, 0.4) is 0 Å². The van der Waals surface area contributed by atoms with E-state index in [-0.39, 0.29) is 18.2 Å². The molecule has 142 valence electrons. The maximum Gasteiger partial charge on any atom is 0.310 e. The number of isothiocyanates is 1. The maximum absolute atomic E-state index is 11.7. The van der Waals surface area contributed by atoms with Crippen molar-refractivity contribution in [3.63, 3.8) is 0 Å². The summed E-state index contributed by atoms with van der Waals surface area (Å²) in [5.74, 6) is -1.70. The first kappa shape index (κ1) is 21.2. The number of hydrogen-bond donors (Lipinski definition) is 1. The van der Waals surface area contributed by atoms with Crippen LogP contribution in [0, 0.1) is 5.92 Å². The lowest BCUT2D eigenvalue weighted by molar-refractivity contribution is -0.142. The molecule has 0 heterocycles. The third kappa shape index (κ3) is 4.79. The van der Waals surface area contributed by atoms with E-state index in [1.165, 1.54) is 0 Å². The van der Waals surface area contributed by atoms with Gasteiger partial charge in [-0.25, -0.2) is 4.99 Å². The summed E-state index contributed by atoms with van der Waals surface area (Å²) in [7, 11) is -2.75. The SMILES string of the molecule is CC(C)(C)[Si](OC[C@H](CN=C=S)C(=O)O)(c1ccccc1)c1ccccc1. The Morgan fingerprint density at radius 3 is 1.96 bits per heavy atom. The van der Waals surface area contributed by atoms with Gasteiger partial charge in [0, 0.05) is 6.61 Å². The van der Waals surface area contributed by atoms with E-state index in [1.54, 1.807) is 0 Å². The minimum Gasteiger partial charge on any atom is -0.481 e. The summed E-state index contributed by atoms with van der Waals surface area (Å²) in [6.45, 7) is 6.61. The Kier molecular flexibility index (Phi) is 7.22. The molecular weight excluding hydrogens is 374 g/mol. The minimum absolute atomic E-state index is 0.0665. The van der Waals surface area contributed by atoms with Crippen molar-refractivity contribution in [3.8, 4) is 0 Å². The molecule has 0 radical (unpaired) electrons. The molecule has 1 N–H and O–H groups in total. The first-order valence-electron chi connectivity index (χ1n) is 8.84. The zero-order chi connectivity index (χ0) is 19.9. The zero-order valence-corrected chi connectivity index (χ0v) is 17.7. The van der Waals surface area contributed by atoms with Crippen LogP contribution in [-0.4, -0.2) is 37.7 Å². The summed E-state index contributed by atoms with van der Waals surface area (Å²) in [4.78, 5) is 15.5. The predicted molar refractivity (Wildman–Crippen MR) is 115 cm³/mol. The number of carbonyl (C=O) groups is 1. The van der Waals surface area contributed by atoms with Gasteiger partial charge in [0.15, 0.2) is 0 Å². The van der Waals surface area contributed by atoms with E-state index < -0.39 is 20.2 Å². The first-order valence-corrected chi connectivity index (χ1v) is 11.2. The molecule has 0 bridgehead atoms. The van der Waals surface area contributed by atoms with E-state index in [0.29, 0.717) is 0 Å². The lowest BCUT2D eigenvalue weighted by Crippen LogP contribution is -2.67. The molecular formula is C21H25NO3SSi. The molecule has 27 heavy (non-hydrogen) atoms. The van der Waals surface area contributed by atoms with E-state index in [1.807, 2.05) is 36.4 Å². The molecule has 0 spiro atoms. The average Bonchev–Trinajstić information content (AvgIpc) is 2.65. The Labute approximate surface area is 167 Å². The monoisotopic (exact) mass is 399 g/mol. The first-order chi connectivity index (χ1) is 12.8. The quantitative estimate of drug-likeness (QED) is 0.420. The van der Waals surface area contributed by atoms with E-state index in [4.69, 9.17) is 4.43 Å². The predicted octanol–water partition coefficient (Wildman–Crippen LogP) is 3.37. The highest BCUT2D eigenvalue weighted by Crippen LogP contribution is 2.37. The van der Waals surface area contributed by atoms with E-state index >= 15 is 0 Å². The Morgan fingerprint density at radius 1 is 1.11 bits per heavy atom. The van der Waals surface area contributed by atoms with Crippen LogP contribution in [0.15, 0.2) is 65.7 Å². The van der Waals surface area contributed by atoms with Crippen LogP contribution in [0.25, 0.3) is 0 Å². The van der Waals surface area contributed by atoms with Gasteiger partial charge in [-0.05, 0) is 27.6 Å². The molecule has 0 aliphatic heterocycles. The van der Waals surface area contributed by atoms with Crippen molar-refractivity contribution in [2.45, 2.75) is 25.8 Å². The Balaban J connectivity index is 2.55. The minimum atomic E-state index is -2.75. The van der Waals surface area contributed by atoms with Gasteiger partial charge in [0.2, 0.25) is 0 Å². The third-order valence-electron chi connectivity index (χ3n) is 4.64. The van der Waals surface area contributed by atoms with Gasteiger partial charge >= 0.3 is 5.97 Å². The number of benzene rings is 2. The number of aliphatic imine (C=N–C) groups is 1. The molecule has 0 aliphatic carbocycles. The van der Waals surface area contributed by atoms with Crippen LogP contribution in [0.2, 0.25) is 5.04 Å². The fourth-order valence-electron chi connectivity index (χ4n) is 3.34. The van der Waals surface area contributed by atoms with Crippen LogP contribution in [0.1, 0.15) is 20.8 Å². The fourth-order valence-corrected chi connectivity index (χ4v) is 8.02. The second kappa shape index (κ2) is 9.20. The standard InChI is InChI=1S/C21H25NO3SSi/c1-21(2,3)27(18-10-6-4-7-11-18,19-12-8-5-9-13-19)25-15-17(20(23)24)14-22-16-26/h4-13,17H,14-15H2,1-3H3,(H,23,24)/t17-/m0/s1. The Morgan fingerprint density at radius 2 is 1.59 bits per heavy atom. The molecule has 2 rings (SSSR count). The topological polar surface area (TPSA) is 58.9 Å². The summed E-state index contributed by atoms with van der Waals surface area (Å²) in [5.41, 5.74) is 0. The smallest absolute Gasteiger partial charge is 0.310 e. The number of hydrogen-bond acceptors (Lipinski definition) is 4. The highest BCUT2D eigenvalue weighted by Gasteiger charge is 2.50. The average molecular weight is 400 g/mol. The second-order valence-corrected chi connectivity index (χ2v) is 11.9. The van der Waals surface area contributed by atoms with E-state index in [0.717, 1.165) is 10.4 Å². The summed E-state index contributed by atoms with van der Waals surface area (Å²) in [6, 6.07) is 20.3. The summed E-state index contributed by atoms with van der Waals surface area (Å²) >= 11 is 4.59. The number of aliphatic carboxylic acids is 1. The van der Waals surface area contributed by atoms with Gasteiger partial charge in [0.1, 0.15) is 0 Å². The molecule has 6 heteroatoms. The van der Waals surface area contributed by atoms with Crippen molar-refractivity contribution in [3.05, 3.63) is 60.7 Å². The number of thiocarbonyl (C=S) groups is 1. The van der Waals surface area contributed by atoms with Crippen molar-refractivity contribution in [1.82, 2.24) is 0 Å². The summed E-state index contributed by atoms with van der Waals surface area (Å²) in [5, 5.41) is 13.8. The zero-order valence-electron chi connectivity index (χ0n) is 15.9. The van der Waals surface area contributed by atoms with Crippen molar-refractivity contribution in [2.75, 3.05) is 13.2 Å². The number of carboxylic acids is 1. The molecule has 0 saturated carbocycles. The van der Waals surface area contributed by atoms with Crippen LogP contribution in [0.4, 0.5) is 0 Å². The Bertz CT molecular complexity index is 760. The van der Waals surface area contributed by atoms with Crippen LogP contribution in [0.5, 0.6) is 0 Å². The molecule has 0 aliphatic rings. The molecule has 2 aromatic carbocycles. The molecule has 0 saturated heterocycles. The van der Waals surface area contributed by atoms with Crippen LogP contribution in [-0.2, 0) is 9.22 Å². The normalized spacial score (nSPS) is 12.9. The molecule has 0 aromatic heterocycles. The molecule has 0 fully saturated rings. The van der Waals surface area contributed by atoms with Gasteiger partial charge in [0.05, 0.1) is 17.6 Å². The number of carboxylic acid groups (broad SMARTS) is 1. The van der Waals surface area contributed by atoms with Gasteiger partial charge in [-0.1, -0.05) is 81.4 Å². The van der Waals surface area contributed by atoms with Crippen LogP contribution < -0.4 is 10.4 Å². The van der Waals surface area contributed by atoms with E-state index in [2.05, 4.69) is 67.4 Å². The van der Waals surface area contributed by atoms with Crippen molar-refractivity contribution in [2.24, 2.45) is 10.9 Å². The largest absolute Gasteiger partial charge is 0.481 e. The highest BCUT2D eigenvalue weighted by molar-refractivity contribution is 7.78. The number of nitrogens with zero attached hydrogens (tertiary/aromatic N) is 1. The van der Waals surface area contributed by atoms with E-state index in [9.17, 15) is 9.90 Å². The van der Waals surface area contributed by atoms with Gasteiger partial charge in [0.25, 0.3) is 8.32 Å². The van der Waals surface area contributed by atoms with Gasteiger partial charge in [-0.15, -0.1) is 0 Å². The summed E-state index contributed by atoms with van der Waals surface area (Å²) < 4.78 is 6.62. The van der Waals surface area contributed by atoms with Crippen molar-refractivity contribution in [1.29, 1.82) is 0 Å². The number of rotatable bonds is 8. The third-order valence-corrected chi connectivity index (χ3v) is 9.78. The van der Waals surface area contributed by atoms with Gasteiger partial charge in [-0.3, -0.25) is 4.79 Å². The van der Waals surface area contributed by atoms with Crippen molar-refractivity contribution >= 4 is 42.0 Å². The fraction of sp³-hybridized carbons (Fsp3) is 0.333. The molecule has 0 unspecified atom stereocenters. The van der Waals surface area contributed by atoms with Crippen molar-refractivity contribution < 1.29 is 14.3 Å². The maximum atomic E-state index is 11.7. The molecule has 1 atom stereocenters. The van der Waals surface area contributed by atoms with Gasteiger partial charge < -0.3 is 9.53 Å². The van der Waals surface area contributed by atoms with Crippen LogP contribution >= 0.6 is 12.2 Å². The lowest BCUT2D eigenvalue weighted by Gasteiger charge is -2.43. The highest BCUT2D eigenvalue weighted by atomic mass is 32.1. The van der Waals surface area contributed by atoms with Gasteiger partial charge in [-0.2, -0.15) is 0 Å². The molecule has 2 aromatic rings. The molecule has 4 nitrogen and oxygen atoms in total. The molecule has 0 amide bonds. The Hall–Kier alpha value is -2.11. The summed E-state index contributed by atoms with van der Waals surface area (Å²) in [6.07, 6.45) is 0. The second-order valence-electron chi connectivity index (χ2n) is 7.44.